The van der Waals surface area contributed by atoms with Crippen molar-refractivity contribution in [3.63, 3.8) is 0 Å². The average molecular weight is 284 g/mol. The minimum absolute atomic E-state index is 0.0960. The predicted octanol–water partition coefficient (Wildman–Crippen LogP) is 2.06. The lowest BCUT2D eigenvalue weighted by molar-refractivity contribution is -0.141. The Morgan fingerprint density at radius 1 is 1.40 bits per heavy atom. The minimum atomic E-state index is -4.53. The zero-order valence-electron chi connectivity index (χ0n) is 10.5. The summed E-state index contributed by atoms with van der Waals surface area (Å²) in [6, 6.07) is 2.36. The van der Waals surface area contributed by atoms with Crippen LogP contribution in [-0.4, -0.2) is 20.9 Å². The molecule has 0 aliphatic rings. The van der Waals surface area contributed by atoms with Crippen LogP contribution in [0.5, 0.6) is 0 Å². The number of alkyl halides is 3. The Kier molecular flexibility index (Phi) is 3.73. The van der Waals surface area contributed by atoms with Gasteiger partial charge in [-0.3, -0.25) is 4.79 Å². The van der Waals surface area contributed by atoms with E-state index in [1.165, 1.54) is 0 Å². The van der Waals surface area contributed by atoms with E-state index < -0.39 is 17.8 Å². The first-order valence-electron chi connectivity index (χ1n) is 5.69. The number of aromatic amines is 1. The number of carbonyl (C=O) groups is 1. The first kappa shape index (κ1) is 14.0. The summed E-state index contributed by atoms with van der Waals surface area (Å²) in [5.41, 5.74) is 0.0685. The van der Waals surface area contributed by atoms with Crippen LogP contribution in [0.4, 0.5) is 13.2 Å². The van der Waals surface area contributed by atoms with Crippen LogP contribution in [0.15, 0.2) is 24.5 Å². The Labute approximate surface area is 112 Å². The van der Waals surface area contributed by atoms with Crippen LogP contribution in [-0.2, 0) is 12.7 Å². The van der Waals surface area contributed by atoms with Crippen molar-refractivity contribution in [3.8, 4) is 0 Å². The number of nitrogens with one attached hydrogen (secondary N) is 2. The quantitative estimate of drug-likeness (QED) is 0.906. The molecule has 2 aromatic heterocycles. The van der Waals surface area contributed by atoms with E-state index >= 15 is 0 Å². The van der Waals surface area contributed by atoms with Crippen molar-refractivity contribution < 1.29 is 18.0 Å². The highest BCUT2D eigenvalue weighted by atomic mass is 19.4. The zero-order chi connectivity index (χ0) is 14.8. The van der Waals surface area contributed by atoms with E-state index in [4.69, 9.17) is 0 Å². The van der Waals surface area contributed by atoms with Gasteiger partial charge in [-0.1, -0.05) is 0 Å². The summed E-state index contributed by atoms with van der Waals surface area (Å²) in [5.74, 6) is -0.494. The molecule has 2 N–H and O–H groups in total. The Morgan fingerprint density at radius 2 is 2.15 bits per heavy atom. The summed E-state index contributed by atoms with van der Waals surface area (Å²) in [6.07, 6.45) is -1.91. The lowest BCUT2D eigenvalue weighted by Crippen LogP contribution is -2.24. The molecule has 0 atom stereocenters. The second-order valence-corrected chi connectivity index (χ2v) is 4.05. The maximum atomic E-state index is 12.5. The number of carbonyl (C=O) groups excluding carboxylic acids is 1. The Bertz CT molecular complexity index is 621. The third-order valence-electron chi connectivity index (χ3n) is 2.60. The Morgan fingerprint density at radius 3 is 2.75 bits per heavy atom. The molecule has 2 heterocycles. The topological polar surface area (TPSA) is 70.7 Å². The summed E-state index contributed by atoms with van der Waals surface area (Å²) in [5, 5.41) is 2.47. The summed E-state index contributed by atoms with van der Waals surface area (Å²) >= 11 is 0. The number of H-pyrrole nitrogens is 1. The molecule has 0 unspecified atom stereocenters. The number of halogens is 3. The maximum absolute atomic E-state index is 12.5. The number of aryl methyl sites for hydroxylation is 1. The number of nitrogens with zero attached hydrogens (tertiary/aromatic N) is 2. The van der Waals surface area contributed by atoms with Gasteiger partial charge in [0.2, 0.25) is 0 Å². The minimum Gasteiger partial charge on any atom is -0.365 e. The van der Waals surface area contributed by atoms with Crippen LogP contribution in [0, 0.1) is 6.92 Å². The summed E-state index contributed by atoms with van der Waals surface area (Å²) in [6.45, 7) is 1.54. The fourth-order valence-electron chi connectivity index (χ4n) is 1.60. The summed E-state index contributed by atoms with van der Waals surface area (Å²) < 4.78 is 37.4. The molecular weight excluding hydrogens is 273 g/mol. The normalized spacial score (nSPS) is 11.4. The second-order valence-electron chi connectivity index (χ2n) is 4.05. The molecule has 8 heteroatoms. The third-order valence-corrected chi connectivity index (χ3v) is 2.60. The van der Waals surface area contributed by atoms with Crippen LogP contribution in [0.3, 0.4) is 0 Å². The van der Waals surface area contributed by atoms with E-state index in [1.54, 1.807) is 19.2 Å². The standard InChI is InChI=1S/C12H11F3N4O/c1-7-8(2-4-16-7)11(20)18-6-10-17-5-3-9(19-10)12(13,14)15/h2-5,16H,6H2,1H3,(H,18,20). The maximum Gasteiger partial charge on any atom is 0.433 e. The number of amides is 1. The van der Waals surface area contributed by atoms with Crippen LogP contribution < -0.4 is 5.32 Å². The molecule has 0 bridgehead atoms. The van der Waals surface area contributed by atoms with Crippen LogP contribution >= 0.6 is 0 Å². The second kappa shape index (κ2) is 5.32. The largest absolute Gasteiger partial charge is 0.433 e. The SMILES string of the molecule is Cc1[nH]ccc1C(=O)NCc1nccc(C(F)(F)F)n1. The van der Waals surface area contributed by atoms with Crippen molar-refractivity contribution in [1.82, 2.24) is 20.3 Å². The van der Waals surface area contributed by atoms with E-state index in [0.29, 0.717) is 11.3 Å². The first-order valence-corrected chi connectivity index (χ1v) is 5.69. The molecule has 2 aromatic rings. The highest BCUT2D eigenvalue weighted by Crippen LogP contribution is 2.26. The molecular formula is C12H11F3N4O. The van der Waals surface area contributed by atoms with E-state index in [2.05, 4.69) is 20.3 Å². The highest BCUT2D eigenvalue weighted by molar-refractivity contribution is 5.95. The molecule has 106 valence electrons. The third kappa shape index (κ3) is 3.14. The van der Waals surface area contributed by atoms with Gasteiger partial charge in [0.25, 0.3) is 5.91 Å². The van der Waals surface area contributed by atoms with Gasteiger partial charge < -0.3 is 10.3 Å². The van der Waals surface area contributed by atoms with Crippen LogP contribution in [0.1, 0.15) is 27.6 Å². The predicted molar refractivity (Wildman–Crippen MR) is 63.7 cm³/mol. The molecule has 20 heavy (non-hydrogen) atoms. The van der Waals surface area contributed by atoms with Crippen LogP contribution in [0.25, 0.3) is 0 Å². The van der Waals surface area contributed by atoms with Gasteiger partial charge in [-0.05, 0) is 19.1 Å². The van der Waals surface area contributed by atoms with Gasteiger partial charge in [-0.2, -0.15) is 13.2 Å². The molecule has 0 spiro atoms. The average Bonchev–Trinajstić information content (AvgIpc) is 2.82. The molecule has 0 radical (unpaired) electrons. The van der Waals surface area contributed by atoms with Crippen LogP contribution in [0.2, 0.25) is 0 Å². The highest BCUT2D eigenvalue weighted by Gasteiger charge is 2.32. The van der Waals surface area contributed by atoms with Gasteiger partial charge in [0.15, 0.2) is 0 Å². The van der Waals surface area contributed by atoms with Gasteiger partial charge in [0.1, 0.15) is 11.5 Å². The molecule has 2 rings (SSSR count). The van der Waals surface area contributed by atoms with E-state index in [9.17, 15) is 18.0 Å². The molecule has 0 saturated carbocycles. The van der Waals surface area contributed by atoms with E-state index in [-0.39, 0.29) is 12.4 Å². The smallest absolute Gasteiger partial charge is 0.365 e. The number of aromatic nitrogens is 3. The van der Waals surface area contributed by atoms with Crippen molar-refractivity contribution in [2.45, 2.75) is 19.6 Å². The van der Waals surface area contributed by atoms with Gasteiger partial charge >= 0.3 is 6.18 Å². The molecule has 0 aliphatic carbocycles. The fourth-order valence-corrected chi connectivity index (χ4v) is 1.60. The Hall–Kier alpha value is -2.38. The number of hydrogen-bond donors (Lipinski definition) is 2. The van der Waals surface area contributed by atoms with Crippen molar-refractivity contribution in [1.29, 1.82) is 0 Å². The molecule has 0 aromatic carbocycles. The lowest BCUT2D eigenvalue weighted by Gasteiger charge is -2.07. The van der Waals surface area contributed by atoms with Crippen molar-refractivity contribution >= 4 is 5.91 Å². The summed E-state index contributed by atoms with van der Waals surface area (Å²) in [7, 11) is 0. The van der Waals surface area contributed by atoms with Crippen molar-refractivity contribution in [3.05, 3.63) is 47.3 Å². The van der Waals surface area contributed by atoms with E-state index in [0.717, 1.165) is 12.3 Å². The number of hydrogen-bond acceptors (Lipinski definition) is 3. The molecule has 0 aliphatic heterocycles. The van der Waals surface area contributed by atoms with Crippen molar-refractivity contribution in [2.24, 2.45) is 0 Å². The van der Waals surface area contributed by atoms with Crippen molar-refractivity contribution in [2.75, 3.05) is 0 Å². The van der Waals surface area contributed by atoms with Gasteiger partial charge in [0, 0.05) is 18.1 Å². The van der Waals surface area contributed by atoms with Gasteiger partial charge in [-0.15, -0.1) is 0 Å². The van der Waals surface area contributed by atoms with E-state index in [1.807, 2.05) is 0 Å². The Balaban J connectivity index is 2.05. The summed E-state index contributed by atoms with van der Waals surface area (Å²) in [4.78, 5) is 21.7. The molecule has 1 amide bonds. The molecule has 0 fully saturated rings. The zero-order valence-corrected chi connectivity index (χ0v) is 10.5. The molecule has 0 saturated heterocycles. The monoisotopic (exact) mass is 284 g/mol. The lowest BCUT2D eigenvalue weighted by atomic mass is 10.2. The fraction of sp³-hybridized carbons (Fsp3) is 0.250. The van der Waals surface area contributed by atoms with Gasteiger partial charge in [0.05, 0.1) is 12.1 Å². The first-order chi connectivity index (χ1) is 9.38. The number of rotatable bonds is 3. The molecule has 5 nitrogen and oxygen atoms in total. The van der Waals surface area contributed by atoms with Gasteiger partial charge in [-0.25, -0.2) is 9.97 Å².